The standard InChI is InChI=1S/C8H7N5O5/c1-3-6(13(17)18)7(16)12-8(9-3)10-4(11-12)2-5(14)15/h2H2,1H3,(H,14,15)(H,9,10,11)/p-1. The van der Waals surface area contributed by atoms with Crippen LogP contribution >= 0.6 is 0 Å². The maximum Gasteiger partial charge on any atom is 0.357 e. The Labute approximate surface area is 98.0 Å². The molecule has 0 saturated heterocycles. The summed E-state index contributed by atoms with van der Waals surface area (Å²) in [6.45, 7) is 1.30. The number of carbonyl (C=O) groups is 1. The van der Waals surface area contributed by atoms with Crippen LogP contribution in [-0.2, 0) is 11.2 Å². The third-order valence-electron chi connectivity index (χ3n) is 2.19. The zero-order valence-corrected chi connectivity index (χ0v) is 9.04. The lowest BCUT2D eigenvalue weighted by Crippen LogP contribution is -2.25. The van der Waals surface area contributed by atoms with Crippen LogP contribution in [0.5, 0.6) is 0 Å². The van der Waals surface area contributed by atoms with Crippen LogP contribution in [0.15, 0.2) is 4.79 Å². The molecule has 94 valence electrons. The smallest absolute Gasteiger partial charge is 0.357 e. The zero-order chi connectivity index (χ0) is 13.4. The Morgan fingerprint density at radius 2 is 2.17 bits per heavy atom. The number of nitro groups is 1. The SMILES string of the molecule is Cc1nc2nc(CC(=O)[O-])[nH]n2c(=O)c1[N+](=O)[O-]. The summed E-state index contributed by atoms with van der Waals surface area (Å²) >= 11 is 0. The number of H-pyrrole nitrogens is 1. The summed E-state index contributed by atoms with van der Waals surface area (Å²) in [6.07, 6.45) is -0.546. The van der Waals surface area contributed by atoms with Crippen molar-refractivity contribution in [2.45, 2.75) is 13.3 Å². The topological polar surface area (TPSA) is 146 Å². The molecule has 0 fully saturated rings. The molecule has 0 bridgehead atoms. The molecule has 0 spiro atoms. The van der Waals surface area contributed by atoms with Crippen molar-refractivity contribution in [2.24, 2.45) is 0 Å². The van der Waals surface area contributed by atoms with Gasteiger partial charge < -0.3 is 9.90 Å². The summed E-state index contributed by atoms with van der Waals surface area (Å²) in [7, 11) is 0. The van der Waals surface area contributed by atoms with Gasteiger partial charge in [-0.25, -0.2) is 4.98 Å². The maximum absolute atomic E-state index is 11.7. The number of aliphatic carboxylic acids is 1. The summed E-state index contributed by atoms with van der Waals surface area (Å²) in [6, 6.07) is 0. The molecule has 10 nitrogen and oxygen atoms in total. The van der Waals surface area contributed by atoms with E-state index in [1.807, 2.05) is 0 Å². The van der Waals surface area contributed by atoms with Gasteiger partial charge in [0.1, 0.15) is 11.5 Å². The van der Waals surface area contributed by atoms with Crippen LogP contribution < -0.4 is 10.7 Å². The van der Waals surface area contributed by atoms with Gasteiger partial charge in [0, 0.05) is 12.4 Å². The third kappa shape index (κ3) is 1.79. The van der Waals surface area contributed by atoms with Crippen LogP contribution in [0, 0.1) is 17.0 Å². The second kappa shape index (κ2) is 3.91. The Bertz CT molecular complexity index is 714. The Morgan fingerprint density at radius 1 is 1.50 bits per heavy atom. The van der Waals surface area contributed by atoms with E-state index in [1.165, 1.54) is 6.92 Å². The van der Waals surface area contributed by atoms with Crippen LogP contribution in [0.1, 0.15) is 11.5 Å². The lowest BCUT2D eigenvalue weighted by molar-refractivity contribution is -0.387. The minimum Gasteiger partial charge on any atom is -0.550 e. The second-order valence-corrected chi connectivity index (χ2v) is 3.46. The average Bonchev–Trinajstić information content (AvgIpc) is 2.58. The van der Waals surface area contributed by atoms with Crippen molar-refractivity contribution in [3.63, 3.8) is 0 Å². The Kier molecular flexibility index (Phi) is 2.54. The van der Waals surface area contributed by atoms with Gasteiger partial charge in [-0.15, -0.1) is 0 Å². The van der Waals surface area contributed by atoms with E-state index in [0.29, 0.717) is 0 Å². The van der Waals surface area contributed by atoms with E-state index in [9.17, 15) is 24.8 Å². The number of nitrogens with one attached hydrogen (secondary N) is 1. The van der Waals surface area contributed by atoms with Gasteiger partial charge in [0.25, 0.3) is 5.78 Å². The molecule has 0 aromatic carbocycles. The Morgan fingerprint density at radius 3 is 2.72 bits per heavy atom. The van der Waals surface area contributed by atoms with Gasteiger partial charge in [-0.05, 0) is 6.92 Å². The number of nitrogens with zero attached hydrogens (tertiary/aromatic N) is 4. The van der Waals surface area contributed by atoms with Gasteiger partial charge in [-0.3, -0.25) is 20.0 Å². The molecule has 0 aliphatic rings. The number of fused-ring (bicyclic) bond motifs is 1. The number of carboxylic acids is 1. The molecule has 0 unspecified atom stereocenters. The van der Waals surface area contributed by atoms with E-state index >= 15 is 0 Å². The molecule has 2 aromatic heterocycles. The van der Waals surface area contributed by atoms with Gasteiger partial charge in [0.15, 0.2) is 0 Å². The fraction of sp³-hybridized carbons (Fsp3) is 0.250. The lowest BCUT2D eigenvalue weighted by Gasteiger charge is -1.96. The first kappa shape index (κ1) is 11.7. The molecule has 0 aliphatic heterocycles. The van der Waals surface area contributed by atoms with Crippen molar-refractivity contribution in [2.75, 3.05) is 0 Å². The van der Waals surface area contributed by atoms with Crippen LogP contribution in [0.3, 0.4) is 0 Å². The highest BCUT2D eigenvalue weighted by Crippen LogP contribution is 2.09. The maximum atomic E-state index is 11.7. The molecule has 0 atom stereocenters. The molecule has 0 radical (unpaired) electrons. The van der Waals surface area contributed by atoms with E-state index in [2.05, 4.69) is 15.1 Å². The molecular formula is C8H6N5O5-. The minimum absolute atomic E-state index is 0.0699. The number of hydrogen-bond acceptors (Lipinski definition) is 7. The van der Waals surface area contributed by atoms with Crippen LogP contribution in [0.25, 0.3) is 5.78 Å². The van der Waals surface area contributed by atoms with Crippen molar-refractivity contribution in [3.8, 4) is 0 Å². The first-order valence-corrected chi connectivity index (χ1v) is 4.72. The van der Waals surface area contributed by atoms with E-state index in [-0.39, 0.29) is 17.3 Å². The number of aromatic amines is 1. The third-order valence-corrected chi connectivity index (χ3v) is 2.19. The summed E-state index contributed by atoms with van der Waals surface area (Å²) in [5.41, 5.74) is -1.72. The predicted octanol–water partition coefficient (Wildman–Crippen LogP) is -2.07. The molecule has 0 aliphatic carbocycles. The first-order chi connectivity index (χ1) is 8.40. The Hall–Kier alpha value is -2.78. The normalized spacial score (nSPS) is 10.7. The van der Waals surface area contributed by atoms with Crippen molar-refractivity contribution < 1.29 is 14.8 Å². The van der Waals surface area contributed by atoms with E-state index in [0.717, 1.165) is 4.52 Å². The van der Waals surface area contributed by atoms with Gasteiger partial charge in [0.05, 0.1) is 4.92 Å². The van der Waals surface area contributed by atoms with Crippen LogP contribution in [-0.4, -0.2) is 30.5 Å². The van der Waals surface area contributed by atoms with Crippen molar-refractivity contribution in [1.29, 1.82) is 0 Å². The summed E-state index contributed by atoms with van der Waals surface area (Å²) in [5.74, 6) is -1.59. The number of hydrogen-bond donors (Lipinski definition) is 1. The number of carboxylic acid groups (broad SMARTS) is 1. The zero-order valence-electron chi connectivity index (χ0n) is 9.04. The molecule has 10 heteroatoms. The van der Waals surface area contributed by atoms with Crippen LogP contribution in [0.2, 0.25) is 0 Å². The molecule has 0 amide bonds. The summed E-state index contributed by atoms with van der Waals surface area (Å²) < 4.78 is 0.726. The summed E-state index contributed by atoms with van der Waals surface area (Å²) in [4.78, 5) is 39.4. The van der Waals surface area contributed by atoms with Crippen molar-refractivity contribution in [3.05, 3.63) is 32.0 Å². The highest BCUT2D eigenvalue weighted by molar-refractivity contribution is 5.66. The lowest BCUT2D eigenvalue weighted by atomic mass is 10.4. The fourth-order valence-electron chi connectivity index (χ4n) is 1.48. The van der Waals surface area contributed by atoms with Crippen molar-refractivity contribution >= 4 is 17.4 Å². The number of carbonyl (C=O) groups excluding carboxylic acids is 1. The van der Waals surface area contributed by atoms with Crippen molar-refractivity contribution in [1.82, 2.24) is 19.6 Å². The monoisotopic (exact) mass is 252 g/mol. The predicted molar refractivity (Wildman–Crippen MR) is 53.7 cm³/mol. The van der Waals surface area contributed by atoms with Gasteiger partial charge in [-0.2, -0.15) is 9.50 Å². The van der Waals surface area contributed by atoms with Crippen LogP contribution in [0.4, 0.5) is 5.69 Å². The summed E-state index contributed by atoms with van der Waals surface area (Å²) in [5, 5.41) is 23.4. The average molecular weight is 252 g/mol. The molecule has 2 heterocycles. The molecular weight excluding hydrogens is 246 g/mol. The number of aromatic nitrogens is 4. The van der Waals surface area contributed by atoms with Gasteiger partial charge >= 0.3 is 11.2 Å². The Balaban J connectivity index is 2.71. The van der Waals surface area contributed by atoms with E-state index in [4.69, 9.17) is 0 Å². The van der Waals surface area contributed by atoms with Gasteiger partial charge in [0.2, 0.25) is 0 Å². The first-order valence-electron chi connectivity index (χ1n) is 4.72. The van der Waals surface area contributed by atoms with E-state index < -0.39 is 28.6 Å². The number of rotatable bonds is 3. The highest BCUT2D eigenvalue weighted by Gasteiger charge is 2.22. The highest BCUT2D eigenvalue weighted by atomic mass is 16.6. The largest absolute Gasteiger partial charge is 0.550 e. The molecule has 2 aromatic rings. The molecule has 18 heavy (non-hydrogen) atoms. The molecule has 1 N–H and O–H groups in total. The fourth-order valence-corrected chi connectivity index (χ4v) is 1.48. The quantitative estimate of drug-likeness (QED) is 0.487. The molecule has 0 saturated carbocycles. The second-order valence-electron chi connectivity index (χ2n) is 3.46. The number of aryl methyl sites for hydroxylation is 1. The van der Waals surface area contributed by atoms with Gasteiger partial charge in [-0.1, -0.05) is 0 Å². The molecule has 2 rings (SSSR count). The van der Waals surface area contributed by atoms with E-state index in [1.54, 1.807) is 0 Å². The minimum atomic E-state index is -1.40.